The molecule has 1 heterocycles. The molecule has 1 unspecified atom stereocenters. The number of nitrogens with zero attached hydrogens (tertiary/aromatic N) is 1. The summed E-state index contributed by atoms with van der Waals surface area (Å²) < 4.78 is 0. The summed E-state index contributed by atoms with van der Waals surface area (Å²) in [4.78, 5) is 4.60. The number of halogens is 1. The van der Waals surface area contributed by atoms with Gasteiger partial charge in [0.1, 0.15) is 0 Å². The molecule has 1 aromatic heterocycles. The average Bonchev–Trinajstić information content (AvgIpc) is 3.18. The number of rotatable bonds is 6. The molecular weight excluding hydrogens is 288 g/mol. The molecule has 0 spiro atoms. The Hall–Kier alpha value is -0.900. The van der Waals surface area contributed by atoms with Gasteiger partial charge in [0.05, 0.1) is 10.7 Å². The zero-order valence-corrected chi connectivity index (χ0v) is 13.2. The molecule has 0 bridgehead atoms. The van der Waals surface area contributed by atoms with Crippen LogP contribution in [0.5, 0.6) is 0 Å². The lowest BCUT2D eigenvalue weighted by atomic mass is 9.94. The maximum Gasteiger partial charge on any atom is 0.0897 e. The fourth-order valence-electron chi connectivity index (χ4n) is 2.45. The van der Waals surface area contributed by atoms with E-state index >= 15 is 0 Å². The van der Waals surface area contributed by atoms with Crippen molar-refractivity contribution in [3.8, 4) is 0 Å². The summed E-state index contributed by atoms with van der Waals surface area (Å²) in [5.41, 5.74) is 2.41. The molecule has 2 aromatic rings. The highest BCUT2D eigenvalue weighted by Gasteiger charge is 2.23. The lowest BCUT2D eigenvalue weighted by Crippen LogP contribution is -2.25. The second kappa shape index (κ2) is 6.25. The largest absolute Gasteiger partial charge is 0.313 e. The fraction of sp³-hybridized carbons (Fsp3) is 0.438. The van der Waals surface area contributed by atoms with E-state index in [-0.39, 0.29) is 0 Å². The Kier molecular flexibility index (Phi) is 4.39. The molecule has 1 aliphatic carbocycles. The molecule has 106 valence electrons. The maximum absolute atomic E-state index is 6.38. The molecule has 1 saturated carbocycles. The van der Waals surface area contributed by atoms with Crippen LogP contribution in [-0.4, -0.2) is 17.6 Å². The molecular formula is C16H19ClN2S. The molecule has 1 atom stereocenters. The van der Waals surface area contributed by atoms with Gasteiger partial charge in [-0.05, 0) is 37.8 Å². The Balaban J connectivity index is 1.77. The van der Waals surface area contributed by atoms with Crippen molar-refractivity contribution >= 4 is 22.9 Å². The van der Waals surface area contributed by atoms with Gasteiger partial charge in [0.25, 0.3) is 0 Å². The highest BCUT2D eigenvalue weighted by atomic mass is 35.5. The molecule has 0 radical (unpaired) electrons. The minimum atomic E-state index is 0.394. The molecule has 3 rings (SSSR count). The van der Waals surface area contributed by atoms with Crippen molar-refractivity contribution < 1.29 is 0 Å². The van der Waals surface area contributed by atoms with Gasteiger partial charge in [-0.1, -0.05) is 29.8 Å². The van der Waals surface area contributed by atoms with Gasteiger partial charge in [-0.2, -0.15) is 0 Å². The summed E-state index contributed by atoms with van der Waals surface area (Å²) in [5, 5.41) is 7.78. The van der Waals surface area contributed by atoms with E-state index in [4.69, 9.17) is 11.6 Å². The van der Waals surface area contributed by atoms with Crippen LogP contribution < -0.4 is 5.32 Å². The number of nitrogens with one attached hydrogen (secondary N) is 1. The molecule has 0 aliphatic heterocycles. The van der Waals surface area contributed by atoms with E-state index in [0.717, 1.165) is 29.0 Å². The normalized spacial score (nSPS) is 16.3. The maximum atomic E-state index is 6.38. The summed E-state index contributed by atoms with van der Waals surface area (Å²) in [5.74, 6) is 0.394. The minimum absolute atomic E-state index is 0.394. The van der Waals surface area contributed by atoms with Gasteiger partial charge in [-0.15, -0.1) is 11.3 Å². The Bertz CT molecular complexity index is 577. The van der Waals surface area contributed by atoms with Gasteiger partial charge in [0.2, 0.25) is 0 Å². The molecule has 0 saturated heterocycles. The molecule has 1 aromatic carbocycles. The molecule has 1 N–H and O–H groups in total. The molecule has 2 nitrogen and oxygen atoms in total. The number of aromatic nitrogens is 1. The highest BCUT2D eigenvalue weighted by Crippen LogP contribution is 2.29. The first-order valence-corrected chi connectivity index (χ1v) is 8.37. The number of hydrogen-bond donors (Lipinski definition) is 1. The summed E-state index contributed by atoms with van der Waals surface area (Å²) >= 11 is 8.09. The lowest BCUT2D eigenvalue weighted by Gasteiger charge is -2.18. The van der Waals surface area contributed by atoms with Gasteiger partial charge < -0.3 is 5.32 Å². The van der Waals surface area contributed by atoms with Gasteiger partial charge in [-0.25, -0.2) is 4.98 Å². The fourth-order valence-corrected chi connectivity index (χ4v) is 3.36. The quantitative estimate of drug-likeness (QED) is 0.866. The van der Waals surface area contributed by atoms with Crippen LogP contribution in [0.4, 0.5) is 0 Å². The Labute approximate surface area is 129 Å². The van der Waals surface area contributed by atoms with Crippen LogP contribution in [0, 0.1) is 6.92 Å². The van der Waals surface area contributed by atoms with Crippen molar-refractivity contribution in [3.05, 3.63) is 50.9 Å². The van der Waals surface area contributed by atoms with E-state index in [2.05, 4.69) is 34.7 Å². The Morgan fingerprint density at radius 3 is 2.85 bits per heavy atom. The molecule has 0 amide bonds. The van der Waals surface area contributed by atoms with Gasteiger partial charge in [0, 0.05) is 28.9 Å². The molecule has 1 aliphatic rings. The van der Waals surface area contributed by atoms with Crippen molar-refractivity contribution in [1.82, 2.24) is 10.3 Å². The third-order valence-electron chi connectivity index (χ3n) is 3.70. The van der Waals surface area contributed by atoms with Crippen molar-refractivity contribution in [2.45, 2.75) is 38.1 Å². The van der Waals surface area contributed by atoms with Crippen LogP contribution in [0.2, 0.25) is 5.02 Å². The zero-order valence-electron chi connectivity index (χ0n) is 11.6. The van der Waals surface area contributed by atoms with E-state index < -0.39 is 0 Å². The second-order valence-electron chi connectivity index (χ2n) is 5.46. The first-order chi connectivity index (χ1) is 9.72. The van der Waals surface area contributed by atoms with Crippen molar-refractivity contribution in [3.63, 3.8) is 0 Å². The number of aryl methyl sites for hydroxylation is 1. The zero-order chi connectivity index (χ0) is 13.9. The average molecular weight is 307 g/mol. The minimum Gasteiger partial charge on any atom is -0.313 e. The molecule has 20 heavy (non-hydrogen) atoms. The summed E-state index contributed by atoms with van der Waals surface area (Å²) in [6.07, 6.45) is 3.57. The summed E-state index contributed by atoms with van der Waals surface area (Å²) in [7, 11) is 0. The topological polar surface area (TPSA) is 24.9 Å². The van der Waals surface area contributed by atoms with Crippen LogP contribution >= 0.6 is 22.9 Å². The number of hydrogen-bond acceptors (Lipinski definition) is 3. The van der Waals surface area contributed by atoms with Gasteiger partial charge in [0.15, 0.2) is 0 Å². The van der Waals surface area contributed by atoms with Gasteiger partial charge >= 0.3 is 0 Å². The van der Waals surface area contributed by atoms with Crippen LogP contribution in [0.3, 0.4) is 0 Å². The van der Waals surface area contributed by atoms with Crippen molar-refractivity contribution in [1.29, 1.82) is 0 Å². The van der Waals surface area contributed by atoms with E-state index in [1.165, 1.54) is 24.1 Å². The highest BCUT2D eigenvalue weighted by molar-refractivity contribution is 7.09. The van der Waals surface area contributed by atoms with E-state index in [0.29, 0.717) is 5.92 Å². The SMILES string of the molecule is Cc1nc(CC(CNC2CC2)c2ccccc2Cl)cs1. The smallest absolute Gasteiger partial charge is 0.0897 e. The molecule has 1 fully saturated rings. The number of benzene rings is 1. The monoisotopic (exact) mass is 306 g/mol. The van der Waals surface area contributed by atoms with Crippen LogP contribution in [0.25, 0.3) is 0 Å². The van der Waals surface area contributed by atoms with Crippen LogP contribution in [0.1, 0.15) is 35.0 Å². The third kappa shape index (κ3) is 3.60. The van der Waals surface area contributed by atoms with E-state index in [1.54, 1.807) is 11.3 Å². The third-order valence-corrected chi connectivity index (χ3v) is 4.86. The first-order valence-electron chi connectivity index (χ1n) is 7.11. The van der Waals surface area contributed by atoms with Crippen LogP contribution in [0.15, 0.2) is 29.6 Å². The van der Waals surface area contributed by atoms with Crippen molar-refractivity contribution in [2.75, 3.05) is 6.54 Å². The second-order valence-corrected chi connectivity index (χ2v) is 6.93. The Morgan fingerprint density at radius 1 is 1.40 bits per heavy atom. The summed E-state index contributed by atoms with van der Waals surface area (Å²) in [6.45, 7) is 3.03. The standard InChI is InChI=1S/C16H19ClN2S/c1-11-19-14(10-20-11)8-12(9-18-13-6-7-13)15-4-2-3-5-16(15)17/h2-5,10,12-13,18H,6-9H2,1H3. The van der Waals surface area contributed by atoms with E-state index in [1.807, 2.05) is 12.1 Å². The first kappa shape index (κ1) is 14.1. The van der Waals surface area contributed by atoms with E-state index in [9.17, 15) is 0 Å². The number of thiazole rings is 1. The predicted molar refractivity (Wildman–Crippen MR) is 85.8 cm³/mol. The predicted octanol–water partition coefficient (Wildman–Crippen LogP) is 4.18. The summed E-state index contributed by atoms with van der Waals surface area (Å²) in [6, 6.07) is 8.90. The molecule has 4 heteroatoms. The lowest BCUT2D eigenvalue weighted by molar-refractivity contribution is 0.573. The van der Waals surface area contributed by atoms with Crippen molar-refractivity contribution in [2.24, 2.45) is 0 Å². The van der Waals surface area contributed by atoms with Gasteiger partial charge in [-0.3, -0.25) is 0 Å². The van der Waals surface area contributed by atoms with Crippen LogP contribution in [-0.2, 0) is 6.42 Å². The Morgan fingerprint density at radius 2 is 2.20 bits per heavy atom.